The Kier molecular flexibility index (Phi) is 8.19. The molecule has 4 atom stereocenters. The number of nitriles is 1. The number of carbonyl (C=O) groups is 3. The van der Waals surface area contributed by atoms with Crippen molar-refractivity contribution in [3.05, 3.63) is 29.1 Å². The Morgan fingerprint density at radius 3 is 2.39 bits per heavy atom. The van der Waals surface area contributed by atoms with E-state index < -0.39 is 59.8 Å². The monoisotopic (exact) mass is 571 g/mol. The van der Waals surface area contributed by atoms with Crippen LogP contribution in [-0.4, -0.2) is 72.0 Å². The summed E-state index contributed by atoms with van der Waals surface area (Å²) in [6.45, 7) is 12.6. The number of carbonyl (C=O) groups excluding carboxylic acids is 3. The van der Waals surface area contributed by atoms with Crippen molar-refractivity contribution in [1.29, 1.82) is 5.26 Å². The van der Waals surface area contributed by atoms with Gasteiger partial charge in [-0.3, -0.25) is 9.69 Å². The van der Waals surface area contributed by atoms with Gasteiger partial charge in [0.25, 0.3) is 0 Å². The maximum absolute atomic E-state index is 15.5. The molecule has 3 aliphatic rings. The number of nitrogens with zero attached hydrogens (tertiary/aromatic N) is 2. The number of rotatable bonds is 6. The number of ether oxygens (including phenoxy) is 2. The first-order valence-corrected chi connectivity index (χ1v) is 14.0. The van der Waals surface area contributed by atoms with Crippen LogP contribution in [0.4, 0.5) is 9.18 Å². The lowest BCUT2D eigenvalue weighted by Gasteiger charge is -2.35. The maximum Gasteiger partial charge on any atom is 0.495 e. The first kappa shape index (κ1) is 30.8. The second-order valence-electron chi connectivity index (χ2n) is 13.1. The molecular formula is C29H39BFN3O7. The van der Waals surface area contributed by atoms with E-state index in [-0.39, 0.29) is 35.0 Å². The minimum atomic E-state index is -1.12. The number of hydrogen-bond acceptors (Lipinski definition) is 8. The molecule has 222 valence electrons. The molecule has 2 heterocycles. The van der Waals surface area contributed by atoms with Gasteiger partial charge in [-0.1, -0.05) is 0 Å². The van der Waals surface area contributed by atoms with E-state index in [1.165, 1.54) is 18.1 Å². The first-order chi connectivity index (χ1) is 19.0. The second-order valence-corrected chi connectivity index (χ2v) is 13.1. The molecule has 1 saturated carbocycles. The predicted octanol–water partition coefficient (Wildman–Crippen LogP) is 3.25. The van der Waals surface area contributed by atoms with E-state index in [1.807, 2.05) is 33.8 Å². The summed E-state index contributed by atoms with van der Waals surface area (Å²) in [6.07, 6.45) is 1.48. The van der Waals surface area contributed by atoms with Gasteiger partial charge in [-0.15, -0.1) is 0 Å². The van der Waals surface area contributed by atoms with Gasteiger partial charge in [-0.2, -0.15) is 5.26 Å². The molecule has 0 radical (unpaired) electrons. The summed E-state index contributed by atoms with van der Waals surface area (Å²) in [5, 5.41) is 12.6. The van der Waals surface area contributed by atoms with Crippen molar-refractivity contribution < 1.29 is 37.6 Å². The minimum Gasteiger partial charge on any atom is -0.465 e. The summed E-state index contributed by atoms with van der Waals surface area (Å²) < 4.78 is 38.0. The average molecular weight is 571 g/mol. The standard InChI is InChI=1S/C29H39BFN3O7/c1-27(2,3)39-26(37)34-19-10-9-16(12-19)23(34)24(35)33-18(15-32)11-17-13-20(25(36)38-8)21(14-22(17)31)30-40-28(4,5)29(6,7)41-30/h13-14,16,18-19,23H,9-12H2,1-8H3,(H,33,35). The molecule has 4 rings (SSSR count). The van der Waals surface area contributed by atoms with Crippen LogP contribution in [0.2, 0.25) is 0 Å². The topological polar surface area (TPSA) is 127 Å². The third-order valence-corrected chi connectivity index (χ3v) is 8.49. The Labute approximate surface area is 241 Å². The fraction of sp³-hybridized carbons (Fsp3) is 0.655. The molecule has 2 aliphatic heterocycles. The molecule has 1 aromatic carbocycles. The van der Waals surface area contributed by atoms with Gasteiger partial charge < -0.3 is 24.1 Å². The largest absolute Gasteiger partial charge is 0.495 e. The molecule has 10 nitrogen and oxygen atoms in total. The van der Waals surface area contributed by atoms with E-state index >= 15 is 4.39 Å². The van der Waals surface area contributed by atoms with Crippen molar-refractivity contribution >= 4 is 30.6 Å². The Bertz CT molecular complexity index is 1260. The van der Waals surface area contributed by atoms with E-state index in [0.29, 0.717) is 6.42 Å². The lowest BCUT2D eigenvalue weighted by Crippen LogP contribution is -2.55. The third-order valence-electron chi connectivity index (χ3n) is 8.49. The van der Waals surface area contributed by atoms with E-state index in [1.54, 1.807) is 20.8 Å². The number of nitrogens with one attached hydrogen (secondary N) is 1. The number of benzene rings is 1. The summed E-state index contributed by atoms with van der Waals surface area (Å²) in [6, 6.07) is 2.47. The Balaban J connectivity index is 1.55. The molecule has 0 spiro atoms. The van der Waals surface area contributed by atoms with Crippen molar-refractivity contribution in [2.45, 2.75) is 109 Å². The van der Waals surface area contributed by atoms with Crippen LogP contribution < -0.4 is 10.8 Å². The molecule has 1 N–H and O–H groups in total. The highest BCUT2D eigenvalue weighted by atomic mass is 19.1. The van der Waals surface area contributed by atoms with Gasteiger partial charge in [0.05, 0.1) is 29.9 Å². The summed E-state index contributed by atoms with van der Waals surface area (Å²) >= 11 is 0. The molecule has 3 fully saturated rings. The van der Waals surface area contributed by atoms with Crippen molar-refractivity contribution in [1.82, 2.24) is 10.2 Å². The van der Waals surface area contributed by atoms with Gasteiger partial charge in [0.2, 0.25) is 5.91 Å². The van der Waals surface area contributed by atoms with Gasteiger partial charge in [-0.25, -0.2) is 14.0 Å². The molecule has 4 unspecified atom stereocenters. The molecule has 2 saturated heterocycles. The molecule has 1 aromatic rings. The predicted molar refractivity (Wildman–Crippen MR) is 148 cm³/mol. The van der Waals surface area contributed by atoms with Crippen molar-refractivity contribution in [3.8, 4) is 6.07 Å². The van der Waals surface area contributed by atoms with E-state index in [0.717, 1.165) is 18.9 Å². The fourth-order valence-electron chi connectivity index (χ4n) is 5.75. The highest BCUT2D eigenvalue weighted by molar-refractivity contribution is 6.63. The zero-order valence-corrected chi connectivity index (χ0v) is 25.0. The van der Waals surface area contributed by atoms with Crippen LogP contribution in [0.1, 0.15) is 83.7 Å². The smallest absolute Gasteiger partial charge is 0.465 e. The molecule has 2 amide bonds. The van der Waals surface area contributed by atoms with E-state index in [9.17, 15) is 19.6 Å². The number of amides is 2. The zero-order valence-electron chi connectivity index (χ0n) is 25.0. The highest BCUT2D eigenvalue weighted by Crippen LogP contribution is 2.43. The SMILES string of the molecule is COC(=O)c1cc(CC(C#N)NC(=O)C2C3CCC(C3)N2C(=O)OC(C)(C)C)c(F)cc1B1OC(C)(C)C(C)(C)O1. The molecule has 41 heavy (non-hydrogen) atoms. The maximum atomic E-state index is 15.5. The van der Waals surface area contributed by atoms with Crippen LogP contribution in [-0.2, 0) is 30.0 Å². The van der Waals surface area contributed by atoms with Crippen LogP contribution in [0.25, 0.3) is 0 Å². The van der Waals surface area contributed by atoms with Crippen molar-refractivity contribution in [3.63, 3.8) is 0 Å². The van der Waals surface area contributed by atoms with Crippen LogP contribution in [0, 0.1) is 23.1 Å². The quantitative estimate of drug-likeness (QED) is 0.407. The molecule has 1 aliphatic carbocycles. The van der Waals surface area contributed by atoms with Crippen LogP contribution in [0.3, 0.4) is 0 Å². The third kappa shape index (κ3) is 6.07. The van der Waals surface area contributed by atoms with Crippen LogP contribution in [0.5, 0.6) is 0 Å². The van der Waals surface area contributed by atoms with Crippen molar-refractivity contribution in [2.24, 2.45) is 5.92 Å². The number of piperidine rings is 1. The number of esters is 1. The first-order valence-electron chi connectivity index (χ1n) is 14.0. The summed E-state index contributed by atoms with van der Waals surface area (Å²) in [7, 11) is 0.199. The Morgan fingerprint density at radius 1 is 1.20 bits per heavy atom. The zero-order chi connectivity index (χ0) is 30.5. The minimum absolute atomic E-state index is 0.0365. The lowest BCUT2D eigenvalue weighted by molar-refractivity contribution is -0.128. The molecule has 12 heteroatoms. The van der Waals surface area contributed by atoms with Gasteiger partial charge >= 0.3 is 19.2 Å². The molecular weight excluding hydrogens is 532 g/mol. The summed E-state index contributed by atoms with van der Waals surface area (Å²) in [5.74, 6) is -1.94. The number of fused-ring (bicyclic) bond motifs is 2. The lowest BCUT2D eigenvalue weighted by atomic mass is 9.75. The van der Waals surface area contributed by atoms with Crippen molar-refractivity contribution in [2.75, 3.05) is 7.11 Å². The van der Waals surface area contributed by atoms with Gasteiger partial charge in [0, 0.05) is 12.5 Å². The Morgan fingerprint density at radius 2 is 1.83 bits per heavy atom. The van der Waals surface area contributed by atoms with Gasteiger partial charge in [-0.05, 0) is 96.8 Å². The summed E-state index contributed by atoms with van der Waals surface area (Å²) in [5.41, 5.74) is -1.92. The van der Waals surface area contributed by atoms with Crippen LogP contribution in [0.15, 0.2) is 12.1 Å². The van der Waals surface area contributed by atoms with Gasteiger partial charge in [0.1, 0.15) is 23.5 Å². The second kappa shape index (κ2) is 10.9. The Hall–Kier alpha value is -3.17. The number of halogens is 1. The van der Waals surface area contributed by atoms with E-state index in [2.05, 4.69) is 5.32 Å². The number of likely N-dealkylation sites (tertiary alicyclic amines) is 1. The number of methoxy groups -OCH3 is 1. The normalized spacial score (nSPS) is 25.0. The molecule has 0 aromatic heterocycles. The van der Waals surface area contributed by atoms with E-state index in [4.69, 9.17) is 18.8 Å². The average Bonchev–Trinajstić information content (AvgIpc) is 3.54. The molecule has 2 bridgehead atoms. The fourth-order valence-corrected chi connectivity index (χ4v) is 5.75. The summed E-state index contributed by atoms with van der Waals surface area (Å²) in [4.78, 5) is 40.6. The number of hydrogen-bond donors (Lipinski definition) is 1. The van der Waals surface area contributed by atoms with Crippen LogP contribution >= 0.6 is 0 Å². The van der Waals surface area contributed by atoms with Gasteiger partial charge in [0.15, 0.2) is 0 Å². The highest BCUT2D eigenvalue weighted by Gasteiger charge is 2.54.